The number of aliphatic hydroxyl groups is 1. The summed E-state index contributed by atoms with van der Waals surface area (Å²) >= 11 is 0. The Bertz CT molecular complexity index is 395. The van der Waals surface area contributed by atoms with Crippen LogP contribution in [0.2, 0.25) is 0 Å². The van der Waals surface area contributed by atoms with Gasteiger partial charge in [0.1, 0.15) is 5.82 Å². The summed E-state index contributed by atoms with van der Waals surface area (Å²) in [5.41, 5.74) is 0.659. The predicted molar refractivity (Wildman–Crippen MR) is 71.3 cm³/mol. The summed E-state index contributed by atoms with van der Waals surface area (Å²) in [6.45, 7) is 1.38. The summed E-state index contributed by atoms with van der Waals surface area (Å²) in [6.07, 6.45) is -0.690. The lowest BCUT2D eigenvalue weighted by Gasteiger charge is -2.14. The molecule has 0 aliphatic carbocycles. The normalized spacial score (nSPS) is 12.0. The van der Waals surface area contributed by atoms with E-state index in [0.717, 1.165) is 0 Å². The van der Waals surface area contributed by atoms with E-state index in [9.17, 15) is 14.3 Å². The third-order valence-corrected chi connectivity index (χ3v) is 2.58. The smallest absolute Gasteiger partial charge is 0.316 e. The van der Waals surface area contributed by atoms with E-state index in [2.05, 4.69) is 10.6 Å². The summed E-state index contributed by atoms with van der Waals surface area (Å²) in [7, 11) is 3.34. The Morgan fingerprint density at radius 1 is 1.32 bits per heavy atom. The Balaban J connectivity index is 2.19. The lowest BCUT2D eigenvalue weighted by atomic mass is 10.1. The van der Waals surface area contributed by atoms with Crippen molar-refractivity contribution in [3.8, 4) is 0 Å². The van der Waals surface area contributed by atoms with Gasteiger partial charge in [-0.2, -0.15) is 0 Å². The fourth-order valence-corrected chi connectivity index (χ4v) is 1.46. The minimum atomic E-state index is -0.690. The van der Waals surface area contributed by atoms with Gasteiger partial charge < -0.3 is 20.6 Å². The second kappa shape index (κ2) is 7.70. The number of hydrogen-bond donors (Lipinski definition) is 3. The van der Waals surface area contributed by atoms with E-state index < -0.39 is 6.10 Å². The van der Waals surface area contributed by atoms with Crippen LogP contribution in [-0.4, -0.2) is 49.8 Å². The molecule has 0 bridgehead atoms. The van der Waals surface area contributed by atoms with Gasteiger partial charge in [0.15, 0.2) is 0 Å². The van der Waals surface area contributed by atoms with Crippen LogP contribution in [-0.2, 0) is 0 Å². The molecule has 1 atom stereocenters. The minimum Gasteiger partial charge on any atom is -0.387 e. The predicted octanol–water partition coefficient (Wildman–Crippen LogP) is 0.720. The molecule has 0 heterocycles. The highest BCUT2D eigenvalue weighted by atomic mass is 19.1. The molecule has 1 aromatic carbocycles. The van der Waals surface area contributed by atoms with Crippen molar-refractivity contribution in [2.45, 2.75) is 6.10 Å². The van der Waals surface area contributed by atoms with Crippen LogP contribution in [0.5, 0.6) is 0 Å². The van der Waals surface area contributed by atoms with Crippen molar-refractivity contribution >= 4 is 6.03 Å². The SMILES string of the molecule is CN(C)C(=O)NCCNCC(O)c1ccc(F)cc1. The number of hydrogen-bond acceptors (Lipinski definition) is 3. The molecule has 19 heavy (non-hydrogen) atoms. The number of aliphatic hydroxyl groups excluding tert-OH is 1. The zero-order valence-corrected chi connectivity index (χ0v) is 11.2. The van der Waals surface area contributed by atoms with Crippen molar-refractivity contribution in [3.63, 3.8) is 0 Å². The fraction of sp³-hybridized carbons (Fsp3) is 0.462. The summed E-state index contributed by atoms with van der Waals surface area (Å²) < 4.78 is 12.7. The Morgan fingerprint density at radius 2 is 1.95 bits per heavy atom. The van der Waals surface area contributed by atoms with Crippen LogP contribution < -0.4 is 10.6 Å². The second-order valence-corrected chi connectivity index (χ2v) is 4.40. The molecule has 106 valence electrons. The Hall–Kier alpha value is -1.66. The van der Waals surface area contributed by atoms with E-state index in [1.54, 1.807) is 26.2 Å². The van der Waals surface area contributed by atoms with E-state index in [4.69, 9.17) is 0 Å². The van der Waals surface area contributed by atoms with Gasteiger partial charge in [0.05, 0.1) is 6.10 Å². The van der Waals surface area contributed by atoms with E-state index in [-0.39, 0.29) is 11.8 Å². The molecule has 0 saturated carbocycles. The summed E-state index contributed by atoms with van der Waals surface area (Å²) in [4.78, 5) is 12.6. The molecule has 0 aliphatic rings. The van der Waals surface area contributed by atoms with E-state index in [0.29, 0.717) is 25.2 Å². The molecule has 0 aliphatic heterocycles. The van der Waals surface area contributed by atoms with Crippen molar-refractivity contribution in [2.75, 3.05) is 33.7 Å². The van der Waals surface area contributed by atoms with Crippen LogP contribution in [0.15, 0.2) is 24.3 Å². The van der Waals surface area contributed by atoms with Gasteiger partial charge in [-0.25, -0.2) is 9.18 Å². The Kier molecular flexibility index (Phi) is 6.24. The van der Waals surface area contributed by atoms with Crippen molar-refractivity contribution in [1.82, 2.24) is 15.5 Å². The third kappa shape index (κ3) is 5.67. The Morgan fingerprint density at radius 3 is 2.53 bits per heavy atom. The van der Waals surface area contributed by atoms with Crippen molar-refractivity contribution in [3.05, 3.63) is 35.6 Å². The highest BCUT2D eigenvalue weighted by Gasteiger charge is 2.07. The van der Waals surface area contributed by atoms with E-state index in [1.807, 2.05) is 0 Å². The third-order valence-electron chi connectivity index (χ3n) is 2.58. The van der Waals surface area contributed by atoms with Gasteiger partial charge in [0.25, 0.3) is 0 Å². The molecule has 0 spiro atoms. The quantitative estimate of drug-likeness (QED) is 0.667. The molecule has 1 rings (SSSR count). The molecule has 3 N–H and O–H groups in total. The zero-order valence-electron chi connectivity index (χ0n) is 11.2. The topological polar surface area (TPSA) is 64.6 Å². The molecule has 0 aromatic heterocycles. The Labute approximate surface area is 112 Å². The number of benzene rings is 1. The number of nitrogens with one attached hydrogen (secondary N) is 2. The number of urea groups is 1. The first-order valence-electron chi connectivity index (χ1n) is 6.10. The van der Waals surface area contributed by atoms with E-state index >= 15 is 0 Å². The maximum absolute atomic E-state index is 12.7. The summed E-state index contributed by atoms with van der Waals surface area (Å²) in [5.74, 6) is -0.324. The number of carbonyl (C=O) groups excluding carboxylic acids is 1. The number of halogens is 1. The minimum absolute atomic E-state index is 0.152. The van der Waals surface area contributed by atoms with Gasteiger partial charge >= 0.3 is 6.03 Å². The van der Waals surface area contributed by atoms with Gasteiger partial charge in [-0.3, -0.25) is 0 Å². The van der Waals surface area contributed by atoms with Crippen LogP contribution in [0.4, 0.5) is 9.18 Å². The monoisotopic (exact) mass is 269 g/mol. The molecule has 1 unspecified atom stereocenters. The molecular weight excluding hydrogens is 249 g/mol. The maximum atomic E-state index is 12.7. The van der Waals surface area contributed by atoms with Gasteiger partial charge in [0.2, 0.25) is 0 Å². The molecule has 1 aromatic rings. The zero-order chi connectivity index (χ0) is 14.3. The lowest BCUT2D eigenvalue weighted by Crippen LogP contribution is -2.39. The van der Waals surface area contributed by atoms with Gasteiger partial charge in [-0.1, -0.05) is 12.1 Å². The first-order valence-corrected chi connectivity index (χ1v) is 6.10. The largest absolute Gasteiger partial charge is 0.387 e. The first-order chi connectivity index (χ1) is 9.00. The second-order valence-electron chi connectivity index (χ2n) is 4.40. The highest BCUT2D eigenvalue weighted by molar-refractivity contribution is 5.73. The van der Waals surface area contributed by atoms with Gasteiger partial charge in [-0.15, -0.1) is 0 Å². The highest BCUT2D eigenvalue weighted by Crippen LogP contribution is 2.11. The molecule has 5 nitrogen and oxygen atoms in total. The van der Waals surface area contributed by atoms with Crippen LogP contribution in [0.1, 0.15) is 11.7 Å². The molecule has 2 amide bonds. The number of nitrogens with zero attached hydrogens (tertiary/aromatic N) is 1. The van der Waals surface area contributed by atoms with Crippen LogP contribution in [0, 0.1) is 5.82 Å². The molecule has 0 fully saturated rings. The molecule has 0 saturated heterocycles. The fourth-order valence-electron chi connectivity index (χ4n) is 1.46. The number of amides is 2. The van der Waals surface area contributed by atoms with Gasteiger partial charge in [0, 0.05) is 33.7 Å². The average molecular weight is 269 g/mol. The van der Waals surface area contributed by atoms with E-state index in [1.165, 1.54) is 17.0 Å². The number of rotatable bonds is 6. The van der Waals surface area contributed by atoms with Gasteiger partial charge in [-0.05, 0) is 17.7 Å². The summed E-state index contributed by atoms with van der Waals surface area (Å²) in [6, 6.07) is 5.58. The average Bonchev–Trinajstić information content (AvgIpc) is 2.38. The van der Waals surface area contributed by atoms with Crippen molar-refractivity contribution in [2.24, 2.45) is 0 Å². The standard InChI is InChI=1S/C13H20FN3O2/c1-17(2)13(19)16-8-7-15-9-12(18)10-3-5-11(14)6-4-10/h3-6,12,15,18H,7-9H2,1-2H3,(H,16,19). The maximum Gasteiger partial charge on any atom is 0.316 e. The van der Waals surface area contributed by atoms with Crippen molar-refractivity contribution < 1.29 is 14.3 Å². The van der Waals surface area contributed by atoms with Crippen molar-refractivity contribution in [1.29, 1.82) is 0 Å². The van der Waals surface area contributed by atoms with Crippen LogP contribution in [0.25, 0.3) is 0 Å². The first kappa shape index (κ1) is 15.4. The van der Waals surface area contributed by atoms with Crippen LogP contribution >= 0.6 is 0 Å². The number of carbonyl (C=O) groups is 1. The molecule has 6 heteroatoms. The molecule has 0 radical (unpaired) electrons. The molecular formula is C13H20FN3O2. The van der Waals surface area contributed by atoms with Crippen LogP contribution in [0.3, 0.4) is 0 Å². The summed E-state index contributed by atoms with van der Waals surface area (Å²) in [5, 5.41) is 15.5. The lowest BCUT2D eigenvalue weighted by molar-refractivity contribution is 0.175.